The predicted octanol–water partition coefficient (Wildman–Crippen LogP) is 1.48. The Bertz CT molecular complexity index is 263. The highest BCUT2D eigenvalue weighted by Crippen LogP contribution is 2.11. The topological polar surface area (TPSA) is 49.4 Å². The summed E-state index contributed by atoms with van der Waals surface area (Å²) in [5.41, 5.74) is 0. The van der Waals surface area contributed by atoms with Crippen LogP contribution in [0.2, 0.25) is 0 Å². The maximum absolute atomic E-state index is 11.7. The van der Waals surface area contributed by atoms with Crippen LogP contribution in [-0.4, -0.2) is 37.7 Å². The molecule has 1 aliphatic rings. The van der Waals surface area contributed by atoms with E-state index < -0.39 is 10.2 Å². The number of hydrogen-bond acceptors (Lipinski definition) is 2. The lowest BCUT2D eigenvalue weighted by Crippen LogP contribution is -2.39. The van der Waals surface area contributed by atoms with Crippen molar-refractivity contribution in [3.8, 4) is 0 Å². The van der Waals surface area contributed by atoms with Crippen molar-refractivity contribution in [1.29, 1.82) is 0 Å². The molecule has 1 aliphatic heterocycles. The first-order valence-electron chi connectivity index (χ1n) is 5.47. The van der Waals surface area contributed by atoms with Gasteiger partial charge in [-0.3, -0.25) is 0 Å². The monoisotopic (exact) mass is 298 g/mol. The molecule has 1 heterocycles. The zero-order valence-electron chi connectivity index (χ0n) is 8.91. The molecule has 15 heavy (non-hydrogen) atoms. The molecular weight excluding hydrogens is 280 g/mol. The van der Waals surface area contributed by atoms with Crippen LogP contribution >= 0.6 is 15.9 Å². The second-order valence-electron chi connectivity index (χ2n) is 3.76. The summed E-state index contributed by atoms with van der Waals surface area (Å²) in [5.74, 6) is 0. The lowest BCUT2D eigenvalue weighted by Gasteiger charge is -2.15. The van der Waals surface area contributed by atoms with Gasteiger partial charge >= 0.3 is 0 Å². The average Bonchev–Trinajstić information content (AvgIpc) is 2.70. The fourth-order valence-corrected chi connectivity index (χ4v) is 3.34. The van der Waals surface area contributed by atoms with Crippen molar-refractivity contribution in [3.05, 3.63) is 0 Å². The van der Waals surface area contributed by atoms with E-state index in [1.807, 2.05) is 0 Å². The van der Waals surface area contributed by atoms with Crippen LogP contribution in [-0.2, 0) is 10.2 Å². The van der Waals surface area contributed by atoms with Gasteiger partial charge in [-0.2, -0.15) is 12.7 Å². The summed E-state index contributed by atoms with van der Waals surface area (Å²) in [6, 6.07) is 0. The third-order valence-electron chi connectivity index (χ3n) is 2.50. The maximum atomic E-state index is 11.7. The number of hydrogen-bond donors (Lipinski definition) is 1. The smallest absolute Gasteiger partial charge is 0.202 e. The summed E-state index contributed by atoms with van der Waals surface area (Å²) in [5, 5.41) is 0.992. The quantitative estimate of drug-likeness (QED) is 0.572. The fourth-order valence-electron chi connectivity index (χ4n) is 1.62. The largest absolute Gasteiger partial charge is 0.279 e. The zero-order valence-corrected chi connectivity index (χ0v) is 11.3. The Morgan fingerprint density at radius 3 is 2.40 bits per heavy atom. The van der Waals surface area contributed by atoms with E-state index in [0.717, 1.165) is 37.4 Å². The van der Waals surface area contributed by atoms with Gasteiger partial charge in [-0.25, -0.2) is 4.72 Å². The van der Waals surface area contributed by atoms with E-state index in [0.29, 0.717) is 19.6 Å². The molecule has 0 spiro atoms. The summed E-state index contributed by atoms with van der Waals surface area (Å²) in [7, 11) is -3.18. The van der Waals surface area contributed by atoms with Gasteiger partial charge in [-0.1, -0.05) is 22.4 Å². The third kappa shape index (κ3) is 4.80. The van der Waals surface area contributed by atoms with Crippen LogP contribution in [0.3, 0.4) is 0 Å². The van der Waals surface area contributed by atoms with Gasteiger partial charge < -0.3 is 0 Å². The van der Waals surface area contributed by atoms with Gasteiger partial charge in [0.15, 0.2) is 0 Å². The number of alkyl halides is 1. The zero-order chi connectivity index (χ0) is 11.1. The Morgan fingerprint density at radius 2 is 1.80 bits per heavy atom. The Morgan fingerprint density at radius 1 is 1.13 bits per heavy atom. The van der Waals surface area contributed by atoms with Gasteiger partial charge in [-0.05, 0) is 25.7 Å². The first kappa shape index (κ1) is 13.4. The number of nitrogens with zero attached hydrogens (tertiary/aromatic N) is 1. The van der Waals surface area contributed by atoms with Gasteiger partial charge in [-0.15, -0.1) is 0 Å². The predicted molar refractivity (Wildman–Crippen MR) is 65.4 cm³/mol. The molecule has 1 saturated heterocycles. The summed E-state index contributed by atoms with van der Waals surface area (Å²) in [6.07, 6.45) is 5.06. The van der Waals surface area contributed by atoms with Crippen molar-refractivity contribution in [2.24, 2.45) is 0 Å². The summed E-state index contributed by atoms with van der Waals surface area (Å²) in [6.45, 7) is 1.92. The minimum atomic E-state index is -3.18. The minimum Gasteiger partial charge on any atom is -0.202 e. The minimum absolute atomic E-state index is 0.561. The van der Waals surface area contributed by atoms with Crippen molar-refractivity contribution in [2.45, 2.75) is 32.1 Å². The maximum Gasteiger partial charge on any atom is 0.279 e. The number of nitrogens with one attached hydrogen (secondary N) is 1. The number of rotatable bonds is 7. The van der Waals surface area contributed by atoms with Crippen molar-refractivity contribution in [3.63, 3.8) is 0 Å². The molecule has 0 unspecified atom stereocenters. The Hall–Kier alpha value is 0.350. The molecule has 0 radical (unpaired) electrons. The Labute approximate surface area is 101 Å². The van der Waals surface area contributed by atoms with Crippen LogP contribution in [0.25, 0.3) is 0 Å². The van der Waals surface area contributed by atoms with E-state index in [1.165, 1.54) is 4.31 Å². The van der Waals surface area contributed by atoms with Crippen LogP contribution in [0, 0.1) is 0 Å². The molecule has 90 valence electrons. The number of unbranched alkanes of at least 4 members (excludes halogenated alkanes) is 2. The molecular formula is C9H19BrN2O2S. The molecule has 0 aromatic carbocycles. The van der Waals surface area contributed by atoms with Crippen LogP contribution in [0.15, 0.2) is 0 Å². The fraction of sp³-hybridized carbons (Fsp3) is 1.00. The van der Waals surface area contributed by atoms with E-state index in [4.69, 9.17) is 0 Å². The highest BCUT2D eigenvalue weighted by atomic mass is 79.9. The summed E-state index contributed by atoms with van der Waals surface area (Å²) >= 11 is 3.35. The van der Waals surface area contributed by atoms with Gasteiger partial charge in [0.2, 0.25) is 0 Å². The normalized spacial score (nSPS) is 18.5. The molecule has 0 aliphatic carbocycles. The second kappa shape index (κ2) is 6.83. The van der Waals surface area contributed by atoms with Crippen LogP contribution in [0.1, 0.15) is 32.1 Å². The van der Waals surface area contributed by atoms with Crippen LogP contribution in [0.5, 0.6) is 0 Å². The first-order valence-corrected chi connectivity index (χ1v) is 8.03. The molecule has 0 bridgehead atoms. The van der Waals surface area contributed by atoms with E-state index in [2.05, 4.69) is 20.7 Å². The summed E-state index contributed by atoms with van der Waals surface area (Å²) < 4.78 is 27.5. The molecule has 4 nitrogen and oxygen atoms in total. The van der Waals surface area contributed by atoms with Gasteiger partial charge in [0.05, 0.1) is 0 Å². The SMILES string of the molecule is O=S(=O)(NCCCCCBr)N1CCCC1. The van der Waals surface area contributed by atoms with Crippen molar-refractivity contribution >= 4 is 26.1 Å². The van der Waals surface area contributed by atoms with E-state index in [-0.39, 0.29) is 0 Å². The van der Waals surface area contributed by atoms with Crippen LogP contribution in [0.4, 0.5) is 0 Å². The molecule has 1 N–H and O–H groups in total. The van der Waals surface area contributed by atoms with Crippen molar-refractivity contribution in [2.75, 3.05) is 25.0 Å². The molecule has 6 heteroatoms. The molecule has 1 fully saturated rings. The van der Waals surface area contributed by atoms with Crippen molar-refractivity contribution in [1.82, 2.24) is 9.03 Å². The Balaban J connectivity index is 2.18. The van der Waals surface area contributed by atoms with Crippen molar-refractivity contribution < 1.29 is 8.42 Å². The summed E-state index contributed by atoms with van der Waals surface area (Å²) in [4.78, 5) is 0. The van der Waals surface area contributed by atoms with Gasteiger partial charge in [0, 0.05) is 25.0 Å². The molecule has 0 aromatic heterocycles. The van der Waals surface area contributed by atoms with Gasteiger partial charge in [0.1, 0.15) is 0 Å². The van der Waals surface area contributed by atoms with E-state index in [1.54, 1.807) is 0 Å². The molecule has 0 saturated carbocycles. The standard InChI is InChI=1S/C9H19BrN2O2S/c10-6-2-1-3-7-11-15(13,14)12-8-4-5-9-12/h11H,1-9H2. The lowest BCUT2D eigenvalue weighted by atomic mass is 10.3. The second-order valence-corrected chi connectivity index (χ2v) is 6.30. The lowest BCUT2D eigenvalue weighted by molar-refractivity contribution is 0.463. The number of halogens is 1. The average molecular weight is 299 g/mol. The highest BCUT2D eigenvalue weighted by molar-refractivity contribution is 9.09. The van der Waals surface area contributed by atoms with E-state index in [9.17, 15) is 8.42 Å². The third-order valence-corrected chi connectivity index (χ3v) is 4.67. The Kier molecular flexibility index (Phi) is 6.11. The highest BCUT2D eigenvalue weighted by Gasteiger charge is 2.24. The first-order chi connectivity index (χ1) is 7.17. The molecule has 0 atom stereocenters. The van der Waals surface area contributed by atoms with Crippen LogP contribution < -0.4 is 4.72 Å². The van der Waals surface area contributed by atoms with E-state index >= 15 is 0 Å². The van der Waals surface area contributed by atoms with Gasteiger partial charge in [0.25, 0.3) is 10.2 Å². The molecule has 1 rings (SSSR count). The molecule has 0 amide bonds. The molecule has 0 aromatic rings.